The van der Waals surface area contributed by atoms with E-state index in [0.29, 0.717) is 10.8 Å². The van der Waals surface area contributed by atoms with Crippen molar-refractivity contribution in [1.82, 2.24) is 9.99 Å². The number of aryl methyl sites for hydroxylation is 3. The minimum atomic E-state index is -0.381. The van der Waals surface area contributed by atoms with Crippen molar-refractivity contribution >= 4 is 23.7 Å². The van der Waals surface area contributed by atoms with Gasteiger partial charge in [-0.15, -0.1) is 0 Å². The number of halogens is 1. The third kappa shape index (κ3) is 3.58. The molecule has 0 saturated heterocycles. The van der Waals surface area contributed by atoms with E-state index in [4.69, 9.17) is 16.0 Å². The minimum Gasteiger partial charge on any atom is -0.456 e. The van der Waals surface area contributed by atoms with Crippen LogP contribution in [-0.2, 0) is 0 Å². The first kappa shape index (κ1) is 18.0. The third-order valence-electron chi connectivity index (χ3n) is 4.22. The van der Waals surface area contributed by atoms with Crippen LogP contribution in [0.1, 0.15) is 38.8 Å². The molecule has 26 heavy (non-hydrogen) atoms. The van der Waals surface area contributed by atoms with Crippen molar-refractivity contribution in [2.75, 3.05) is 0 Å². The van der Waals surface area contributed by atoms with Crippen molar-refractivity contribution < 1.29 is 9.21 Å². The molecule has 0 aliphatic heterocycles. The van der Waals surface area contributed by atoms with E-state index < -0.39 is 0 Å². The second-order valence-electron chi connectivity index (χ2n) is 6.20. The molecule has 0 atom stereocenters. The number of hydrogen-bond donors (Lipinski definition) is 1. The molecule has 1 aromatic carbocycles. The standard InChI is InChI=1S/C20H20ClN3O2/c1-12-5-7-17(21)10-18(12)24-13(2)9-16(15(24)4)11-22-23-20(25)19-8-6-14(3)26-19/h5-11H,1-4H3,(H,23,25)/b22-11-. The Morgan fingerprint density at radius 2 is 1.92 bits per heavy atom. The van der Waals surface area contributed by atoms with Gasteiger partial charge in [0.15, 0.2) is 5.76 Å². The van der Waals surface area contributed by atoms with Crippen molar-refractivity contribution in [2.45, 2.75) is 27.7 Å². The van der Waals surface area contributed by atoms with Crippen LogP contribution in [0.4, 0.5) is 0 Å². The number of nitrogens with one attached hydrogen (secondary N) is 1. The lowest BCUT2D eigenvalue weighted by atomic mass is 10.2. The average Bonchev–Trinajstić information content (AvgIpc) is 3.14. The summed E-state index contributed by atoms with van der Waals surface area (Å²) in [5.41, 5.74) is 7.63. The number of rotatable bonds is 4. The monoisotopic (exact) mass is 369 g/mol. The Morgan fingerprint density at radius 3 is 2.62 bits per heavy atom. The first-order valence-electron chi connectivity index (χ1n) is 8.22. The van der Waals surface area contributed by atoms with Crippen LogP contribution in [-0.4, -0.2) is 16.7 Å². The second kappa shape index (κ2) is 7.22. The first-order chi connectivity index (χ1) is 12.4. The maximum absolute atomic E-state index is 12.0. The van der Waals surface area contributed by atoms with Crippen LogP contribution < -0.4 is 5.43 Å². The smallest absolute Gasteiger partial charge is 0.307 e. The Morgan fingerprint density at radius 1 is 1.15 bits per heavy atom. The number of aromatic nitrogens is 1. The molecule has 0 radical (unpaired) electrons. The lowest BCUT2D eigenvalue weighted by Crippen LogP contribution is -2.16. The number of benzene rings is 1. The largest absolute Gasteiger partial charge is 0.456 e. The van der Waals surface area contributed by atoms with Gasteiger partial charge in [-0.05, 0) is 63.6 Å². The molecule has 134 valence electrons. The molecule has 0 spiro atoms. The normalized spacial score (nSPS) is 11.3. The Balaban J connectivity index is 1.84. The number of carbonyl (C=O) groups excluding carboxylic acids is 1. The maximum Gasteiger partial charge on any atom is 0.307 e. The highest BCUT2D eigenvalue weighted by molar-refractivity contribution is 6.30. The van der Waals surface area contributed by atoms with E-state index in [0.717, 1.165) is 28.2 Å². The SMILES string of the molecule is Cc1ccc(C(=O)N/N=C\c2cc(C)n(-c3cc(Cl)ccc3C)c2C)o1. The summed E-state index contributed by atoms with van der Waals surface area (Å²) in [4.78, 5) is 12.0. The Kier molecular flexibility index (Phi) is 5.00. The zero-order valence-electron chi connectivity index (χ0n) is 15.1. The molecule has 0 saturated carbocycles. The molecule has 2 heterocycles. The predicted octanol–water partition coefficient (Wildman–Crippen LogP) is 4.72. The summed E-state index contributed by atoms with van der Waals surface area (Å²) in [6, 6.07) is 11.2. The molecule has 0 fully saturated rings. The van der Waals surface area contributed by atoms with E-state index in [1.807, 2.05) is 45.0 Å². The fourth-order valence-corrected chi connectivity index (χ4v) is 3.05. The highest BCUT2D eigenvalue weighted by Gasteiger charge is 2.12. The van der Waals surface area contributed by atoms with Gasteiger partial charge in [0.05, 0.1) is 6.21 Å². The number of hydrazone groups is 1. The highest BCUT2D eigenvalue weighted by Crippen LogP contribution is 2.25. The molecule has 2 aromatic heterocycles. The van der Waals surface area contributed by atoms with E-state index in [1.54, 1.807) is 25.3 Å². The first-order valence-corrected chi connectivity index (χ1v) is 8.60. The molecule has 1 amide bonds. The molecule has 0 unspecified atom stereocenters. The zero-order chi connectivity index (χ0) is 18.8. The number of furan rings is 1. The number of hydrogen-bond acceptors (Lipinski definition) is 3. The van der Waals surface area contributed by atoms with Gasteiger partial charge < -0.3 is 8.98 Å². The minimum absolute atomic E-state index is 0.236. The van der Waals surface area contributed by atoms with E-state index in [1.165, 1.54) is 0 Å². The predicted molar refractivity (Wildman–Crippen MR) is 103 cm³/mol. The Hall–Kier alpha value is -2.79. The summed E-state index contributed by atoms with van der Waals surface area (Å²) < 4.78 is 7.40. The van der Waals surface area contributed by atoms with Crippen LogP contribution in [0.3, 0.4) is 0 Å². The average molecular weight is 370 g/mol. The summed E-state index contributed by atoms with van der Waals surface area (Å²) in [6.45, 7) is 7.86. The second-order valence-corrected chi connectivity index (χ2v) is 6.64. The summed E-state index contributed by atoms with van der Waals surface area (Å²) in [5.74, 6) is 0.535. The molecule has 5 nitrogen and oxygen atoms in total. The summed E-state index contributed by atoms with van der Waals surface area (Å²) >= 11 is 6.16. The molecule has 6 heteroatoms. The van der Waals surface area contributed by atoms with Gasteiger partial charge in [0.25, 0.3) is 0 Å². The van der Waals surface area contributed by atoms with Crippen molar-refractivity contribution in [2.24, 2.45) is 5.10 Å². The molecule has 0 aliphatic rings. The summed E-state index contributed by atoms with van der Waals surface area (Å²) in [7, 11) is 0. The molecule has 0 bridgehead atoms. The molecule has 0 aliphatic carbocycles. The number of carbonyl (C=O) groups is 1. The zero-order valence-corrected chi connectivity index (χ0v) is 15.9. The van der Waals surface area contributed by atoms with Crippen LogP contribution >= 0.6 is 11.6 Å². The fraction of sp³-hybridized carbons (Fsp3) is 0.200. The summed E-state index contributed by atoms with van der Waals surface area (Å²) in [6.07, 6.45) is 1.63. The lowest BCUT2D eigenvalue weighted by molar-refractivity contribution is 0.0926. The Labute approximate surface area is 157 Å². The molecule has 1 N–H and O–H groups in total. The van der Waals surface area contributed by atoms with Crippen LogP contribution in [0, 0.1) is 27.7 Å². The van der Waals surface area contributed by atoms with Gasteiger partial charge in [-0.1, -0.05) is 17.7 Å². The van der Waals surface area contributed by atoms with Crippen molar-refractivity contribution in [3.05, 3.63) is 75.5 Å². The van der Waals surface area contributed by atoms with Crippen molar-refractivity contribution in [3.8, 4) is 5.69 Å². The van der Waals surface area contributed by atoms with Gasteiger partial charge in [0, 0.05) is 27.7 Å². The van der Waals surface area contributed by atoms with Crippen LogP contribution in [0.2, 0.25) is 5.02 Å². The van der Waals surface area contributed by atoms with Crippen LogP contribution in [0.25, 0.3) is 5.69 Å². The van der Waals surface area contributed by atoms with Crippen molar-refractivity contribution in [3.63, 3.8) is 0 Å². The molecule has 3 aromatic rings. The topological polar surface area (TPSA) is 59.5 Å². The maximum atomic E-state index is 12.0. The van der Waals surface area contributed by atoms with E-state index in [9.17, 15) is 4.79 Å². The van der Waals surface area contributed by atoms with Gasteiger partial charge >= 0.3 is 5.91 Å². The molecular formula is C20H20ClN3O2. The lowest BCUT2D eigenvalue weighted by Gasteiger charge is -2.13. The van der Waals surface area contributed by atoms with Crippen LogP contribution in [0.5, 0.6) is 0 Å². The van der Waals surface area contributed by atoms with E-state index in [-0.39, 0.29) is 11.7 Å². The van der Waals surface area contributed by atoms with Gasteiger partial charge in [-0.25, -0.2) is 5.43 Å². The third-order valence-corrected chi connectivity index (χ3v) is 4.45. The quantitative estimate of drug-likeness (QED) is 0.534. The van der Waals surface area contributed by atoms with Gasteiger partial charge in [0.2, 0.25) is 0 Å². The van der Waals surface area contributed by atoms with E-state index in [2.05, 4.69) is 15.1 Å². The van der Waals surface area contributed by atoms with Gasteiger partial charge in [0.1, 0.15) is 5.76 Å². The highest BCUT2D eigenvalue weighted by atomic mass is 35.5. The van der Waals surface area contributed by atoms with Gasteiger partial charge in [-0.3, -0.25) is 4.79 Å². The van der Waals surface area contributed by atoms with Crippen LogP contribution in [0.15, 0.2) is 45.9 Å². The number of amides is 1. The Bertz CT molecular complexity index is 999. The molecule has 3 rings (SSSR count). The number of nitrogens with zero attached hydrogens (tertiary/aromatic N) is 2. The fourth-order valence-electron chi connectivity index (χ4n) is 2.88. The van der Waals surface area contributed by atoms with E-state index >= 15 is 0 Å². The van der Waals surface area contributed by atoms with Gasteiger partial charge in [-0.2, -0.15) is 5.10 Å². The summed E-state index contributed by atoms with van der Waals surface area (Å²) in [5, 5.41) is 4.74. The molecular weight excluding hydrogens is 350 g/mol. The van der Waals surface area contributed by atoms with Crippen molar-refractivity contribution in [1.29, 1.82) is 0 Å².